The number of hydrogen-bond donors (Lipinski definition) is 1. The summed E-state index contributed by atoms with van der Waals surface area (Å²) in [5, 5.41) is 11.2. The van der Waals surface area contributed by atoms with E-state index in [0.717, 1.165) is 25.2 Å². The van der Waals surface area contributed by atoms with Crippen molar-refractivity contribution in [1.82, 2.24) is 14.8 Å². The molecule has 1 amide bonds. The van der Waals surface area contributed by atoms with Crippen molar-refractivity contribution in [1.29, 1.82) is 0 Å². The topological polar surface area (TPSA) is 92.2 Å². The van der Waals surface area contributed by atoms with Gasteiger partial charge in [-0.2, -0.15) is 0 Å². The third-order valence-electron chi connectivity index (χ3n) is 5.96. The Labute approximate surface area is 193 Å². The van der Waals surface area contributed by atoms with E-state index in [1.54, 1.807) is 53.7 Å². The maximum atomic E-state index is 13.1. The minimum absolute atomic E-state index is 0.0891. The first-order chi connectivity index (χ1) is 16.1. The van der Waals surface area contributed by atoms with Crippen LogP contribution in [-0.4, -0.2) is 77.6 Å². The molecule has 0 bridgehead atoms. The van der Waals surface area contributed by atoms with Gasteiger partial charge in [-0.1, -0.05) is 12.1 Å². The lowest BCUT2D eigenvalue weighted by Crippen LogP contribution is -2.38. The first-order valence-electron chi connectivity index (χ1n) is 11.3. The van der Waals surface area contributed by atoms with Crippen LogP contribution in [0.2, 0.25) is 0 Å². The summed E-state index contributed by atoms with van der Waals surface area (Å²) in [6.07, 6.45) is 3.96. The number of aromatic nitrogens is 1. The molecule has 0 saturated carbocycles. The Hall–Kier alpha value is -3.23. The number of aliphatic hydroxyl groups is 1. The van der Waals surface area contributed by atoms with Gasteiger partial charge in [0.15, 0.2) is 0 Å². The number of aliphatic hydroxyl groups excluding tert-OH is 1. The highest BCUT2D eigenvalue weighted by Crippen LogP contribution is 2.39. The number of likely N-dealkylation sites (tertiary alicyclic amines) is 1. The molecular formula is C25H29N3O5. The second-order valence-corrected chi connectivity index (χ2v) is 8.04. The number of rotatable bonds is 8. The van der Waals surface area contributed by atoms with Gasteiger partial charge in [0.1, 0.15) is 11.5 Å². The van der Waals surface area contributed by atoms with Gasteiger partial charge < -0.3 is 19.5 Å². The summed E-state index contributed by atoms with van der Waals surface area (Å²) in [4.78, 5) is 34.1. The highest BCUT2D eigenvalue weighted by molar-refractivity contribution is 6.46. The Morgan fingerprint density at radius 2 is 1.91 bits per heavy atom. The number of pyridine rings is 1. The van der Waals surface area contributed by atoms with E-state index >= 15 is 0 Å². The van der Waals surface area contributed by atoms with Gasteiger partial charge in [-0.05, 0) is 43.2 Å². The molecule has 1 aromatic heterocycles. The molecule has 0 aliphatic carbocycles. The summed E-state index contributed by atoms with van der Waals surface area (Å²) >= 11 is 0. The van der Waals surface area contributed by atoms with Gasteiger partial charge in [-0.25, -0.2) is 0 Å². The monoisotopic (exact) mass is 451 g/mol. The van der Waals surface area contributed by atoms with Crippen LogP contribution in [0.15, 0.2) is 54.4 Å². The molecular weight excluding hydrogens is 422 g/mol. The summed E-state index contributed by atoms with van der Waals surface area (Å²) in [6, 6.07) is 9.78. The zero-order valence-electron chi connectivity index (χ0n) is 18.8. The van der Waals surface area contributed by atoms with Crippen LogP contribution in [0.3, 0.4) is 0 Å². The summed E-state index contributed by atoms with van der Waals surface area (Å²) < 4.78 is 10.9. The van der Waals surface area contributed by atoms with Crippen molar-refractivity contribution in [2.45, 2.75) is 19.4 Å². The number of Topliss-reactive ketones (excluding diaryl/α,β-unsaturated/α-hetero) is 1. The Kier molecular flexibility index (Phi) is 7.36. The van der Waals surface area contributed by atoms with E-state index in [0.29, 0.717) is 44.1 Å². The van der Waals surface area contributed by atoms with Gasteiger partial charge in [-0.15, -0.1) is 0 Å². The van der Waals surface area contributed by atoms with Crippen LogP contribution in [0.4, 0.5) is 0 Å². The lowest BCUT2D eigenvalue weighted by atomic mass is 9.96. The van der Waals surface area contributed by atoms with E-state index in [2.05, 4.69) is 9.88 Å². The Bertz CT molecular complexity index is 1020. The number of hydrogen-bond acceptors (Lipinski definition) is 7. The van der Waals surface area contributed by atoms with Crippen LogP contribution >= 0.6 is 0 Å². The van der Waals surface area contributed by atoms with Crippen LogP contribution in [0, 0.1) is 0 Å². The molecule has 1 N–H and O–H groups in total. The average Bonchev–Trinajstić information content (AvgIpc) is 3.10. The quantitative estimate of drug-likeness (QED) is 0.375. The highest BCUT2D eigenvalue weighted by Gasteiger charge is 2.45. The standard InChI is InChI=1S/C25H29N3O5/c1-2-33-20-6-3-5-19(17-20)23(29)21-22(18-7-9-26-10-8-18)28(25(31)24(21)30)12-4-11-27-13-15-32-16-14-27/h3,5-10,17,22,29H,2,4,11-16H2,1H3. The molecule has 8 heteroatoms. The van der Waals surface area contributed by atoms with Gasteiger partial charge in [0, 0.05) is 44.1 Å². The minimum atomic E-state index is -0.678. The predicted octanol–water partition coefficient (Wildman–Crippen LogP) is 2.62. The predicted molar refractivity (Wildman–Crippen MR) is 123 cm³/mol. The fraction of sp³-hybridized carbons (Fsp3) is 0.400. The van der Waals surface area contributed by atoms with Gasteiger partial charge >= 0.3 is 0 Å². The van der Waals surface area contributed by atoms with E-state index in [1.807, 2.05) is 6.92 Å². The number of carbonyl (C=O) groups is 2. The number of ether oxygens (including phenoxy) is 2. The maximum Gasteiger partial charge on any atom is 0.295 e. The third kappa shape index (κ3) is 5.07. The lowest BCUT2D eigenvalue weighted by Gasteiger charge is -2.29. The molecule has 1 aromatic carbocycles. The molecule has 174 valence electrons. The smallest absolute Gasteiger partial charge is 0.295 e. The molecule has 2 aliphatic heterocycles. The Morgan fingerprint density at radius 1 is 1.15 bits per heavy atom. The summed E-state index contributed by atoms with van der Waals surface area (Å²) in [5.74, 6) is -0.891. The van der Waals surface area contributed by atoms with Crippen molar-refractivity contribution in [3.8, 4) is 5.75 Å². The van der Waals surface area contributed by atoms with Crippen molar-refractivity contribution in [3.63, 3.8) is 0 Å². The Morgan fingerprint density at radius 3 is 2.64 bits per heavy atom. The largest absolute Gasteiger partial charge is 0.507 e. The normalized spacial score (nSPS) is 20.9. The summed E-state index contributed by atoms with van der Waals surface area (Å²) in [5.41, 5.74) is 1.26. The van der Waals surface area contributed by atoms with E-state index in [9.17, 15) is 14.7 Å². The minimum Gasteiger partial charge on any atom is -0.507 e. The van der Waals surface area contributed by atoms with Crippen LogP contribution in [0.25, 0.3) is 5.76 Å². The maximum absolute atomic E-state index is 13.1. The fourth-order valence-corrected chi connectivity index (χ4v) is 4.35. The van der Waals surface area contributed by atoms with E-state index < -0.39 is 17.7 Å². The molecule has 33 heavy (non-hydrogen) atoms. The summed E-state index contributed by atoms with van der Waals surface area (Å²) in [6.45, 7) is 6.72. The van der Waals surface area contributed by atoms with Crippen molar-refractivity contribution in [3.05, 3.63) is 65.5 Å². The van der Waals surface area contributed by atoms with Gasteiger partial charge in [0.2, 0.25) is 0 Å². The van der Waals surface area contributed by atoms with Gasteiger partial charge in [0.05, 0.1) is 31.4 Å². The van der Waals surface area contributed by atoms with Gasteiger partial charge in [0.25, 0.3) is 11.7 Å². The Balaban J connectivity index is 1.65. The van der Waals surface area contributed by atoms with Crippen LogP contribution < -0.4 is 4.74 Å². The molecule has 2 aliphatic rings. The average molecular weight is 452 g/mol. The number of nitrogens with zero attached hydrogens (tertiary/aromatic N) is 3. The SMILES string of the molecule is CCOc1cccc(C(O)=C2C(=O)C(=O)N(CCCN3CCOCC3)C2c2ccncc2)c1. The molecule has 0 spiro atoms. The molecule has 1 atom stereocenters. The third-order valence-corrected chi connectivity index (χ3v) is 5.96. The lowest BCUT2D eigenvalue weighted by molar-refractivity contribution is -0.140. The highest BCUT2D eigenvalue weighted by atomic mass is 16.5. The van der Waals surface area contributed by atoms with Crippen LogP contribution in [0.1, 0.15) is 30.5 Å². The van der Waals surface area contributed by atoms with Crippen molar-refractivity contribution < 1.29 is 24.2 Å². The van der Waals surface area contributed by atoms with Crippen molar-refractivity contribution >= 4 is 17.4 Å². The first-order valence-corrected chi connectivity index (χ1v) is 11.3. The van der Waals surface area contributed by atoms with Crippen molar-refractivity contribution in [2.75, 3.05) is 46.0 Å². The summed E-state index contributed by atoms with van der Waals surface area (Å²) in [7, 11) is 0. The fourth-order valence-electron chi connectivity index (χ4n) is 4.35. The number of carbonyl (C=O) groups excluding carboxylic acids is 2. The van der Waals surface area contributed by atoms with E-state index in [1.165, 1.54) is 0 Å². The van der Waals surface area contributed by atoms with Crippen LogP contribution in [0.5, 0.6) is 5.75 Å². The number of benzene rings is 1. The first kappa shape index (κ1) is 22.9. The molecule has 0 radical (unpaired) electrons. The second kappa shape index (κ2) is 10.6. The van der Waals surface area contributed by atoms with E-state index in [-0.39, 0.29) is 11.3 Å². The molecule has 3 heterocycles. The molecule has 2 aromatic rings. The molecule has 1 unspecified atom stereocenters. The van der Waals surface area contributed by atoms with Crippen LogP contribution in [-0.2, 0) is 14.3 Å². The number of morpholine rings is 1. The molecule has 4 rings (SSSR count). The van der Waals surface area contributed by atoms with E-state index in [4.69, 9.17) is 9.47 Å². The zero-order valence-corrected chi connectivity index (χ0v) is 18.8. The molecule has 2 fully saturated rings. The van der Waals surface area contributed by atoms with Crippen molar-refractivity contribution in [2.24, 2.45) is 0 Å². The number of ketones is 1. The molecule has 2 saturated heterocycles. The number of amides is 1. The van der Waals surface area contributed by atoms with Gasteiger partial charge in [-0.3, -0.25) is 19.5 Å². The second-order valence-electron chi connectivity index (χ2n) is 8.04. The zero-order chi connectivity index (χ0) is 23.2. The molecule has 8 nitrogen and oxygen atoms in total.